The van der Waals surface area contributed by atoms with Crippen molar-refractivity contribution in [2.45, 2.75) is 45.8 Å². The number of aromatic nitrogens is 2. The second kappa shape index (κ2) is 6.11. The van der Waals surface area contributed by atoms with Gasteiger partial charge in [-0.25, -0.2) is 4.98 Å². The summed E-state index contributed by atoms with van der Waals surface area (Å²) in [6, 6.07) is 4.78. The van der Waals surface area contributed by atoms with Gasteiger partial charge < -0.3 is 10.1 Å². The Balaban J connectivity index is 2.20. The third kappa shape index (κ3) is 2.79. The Labute approximate surface area is 140 Å². The lowest BCUT2D eigenvalue weighted by Gasteiger charge is -2.26. The minimum Gasteiger partial charge on any atom is -0.490 e. The van der Waals surface area contributed by atoms with Crippen LogP contribution in [0.25, 0.3) is 10.9 Å². The number of fused-ring (bicyclic) bond motifs is 1. The van der Waals surface area contributed by atoms with Gasteiger partial charge in [-0.2, -0.15) is 0 Å². The maximum absolute atomic E-state index is 13.1. The van der Waals surface area contributed by atoms with Crippen LogP contribution in [0.3, 0.4) is 0 Å². The number of amides is 1. The van der Waals surface area contributed by atoms with E-state index in [1.165, 1.54) is 4.57 Å². The van der Waals surface area contributed by atoms with Crippen LogP contribution in [-0.2, 0) is 4.79 Å². The van der Waals surface area contributed by atoms with E-state index < -0.39 is 6.04 Å². The molecule has 0 aliphatic carbocycles. The summed E-state index contributed by atoms with van der Waals surface area (Å²) in [5.41, 5.74) is 1.01. The molecule has 126 valence electrons. The van der Waals surface area contributed by atoms with Crippen molar-refractivity contribution in [1.29, 1.82) is 0 Å². The molecule has 2 aromatic rings. The zero-order valence-corrected chi connectivity index (χ0v) is 14.1. The molecule has 1 unspecified atom stereocenters. The second-order valence-electron chi connectivity index (χ2n) is 6.30. The fourth-order valence-corrected chi connectivity index (χ4v) is 3.05. The van der Waals surface area contributed by atoms with Gasteiger partial charge in [0.05, 0.1) is 11.6 Å². The van der Waals surface area contributed by atoms with Crippen molar-refractivity contribution in [2.24, 2.45) is 0 Å². The highest BCUT2D eigenvalue weighted by Gasteiger charge is 2.29. The zero-order valence-electron chi connectivity index (χ0n) is 14.1. The third-order valence-corrected chi connectivity index (χ3v) is 4.06. The summed E-state index contributed by atoms with van der Waals surface area (Å²) >= 11 is 0. The van der Waals surface area contributed by atoms with Crippen LogP contribution in [0.5, 0.6) is 5.75 Å². The number of carbonyl (C=O) groups excluding carboxylic acids is 1. The number of aryl methyl sites for hydroxylation is 1. The fourth-order valence-electron chi connectivity index (χ4n) is 3.05. The van der Waals surface area contributed by atoms with E-state index in [2.05, 4.69) is 16.9 Å². The highest BCUT2D eigenvalue weighted by molar-refractivity contribution is 5.86. The van der Waals surface area contributed by atoms with Crippen LogP contribution < -0.4 is 15.6 Å². The lowest BCUT2D eigenvalue weighted by Crippen LogP contribution is -2.41. The van der Waals surface area contributed by atoms with Crippen LogP contribution in [0, 0.1) is 6.92 Å². The van der Waals surface area contributed by atoms with Gasteiger partial charge in [-0.3, -0.25) is 14.2 Å². The minimum absolute atomic E-state index is 0.0638. The Hall–Kier alpha value is -2.63. The Morgan fingerprint density at radius 1 is 1.38 bits per heavy atom. The highest BCUT2D eigenvalue weighted by atomic mass is 16.5. The van der Waals surface area contributed by atoms with Gasteiger partial charge in [0.1, 0.15) is 23.0 Å². The van der Waals surface area contributed by atoms with Crippen LogP contribution in [0.2, 0.25) is 0 Å². The zero-order chi connectivity index (χ0) is 17.4. The van der Waals surface area contributed by atoms with Gasteiger partial charge >= 0.3 is 0 Å². The van der Waals surface area contributed by atoms with Gasteiger partial charge in [-0.15, -0.1) is 0 Å². The number of ether oxygens (including phenoxy) is 1. The molecule has 6 nitrogen and oxygen atoms in total. The molecule has 1 aromatic heterocycles. The maximum Gasteiger partial charge on any atom is 0.265 e. The summed E-state index contributed by atoms with van der Waals surface area (Å²) in [7, 11) is 0. The van der Waals surface area contributed by atoms with Gasteiger partial charge in [0.15, 0.2) is 0 Å². The topological polar surface area (TPSA) is 73.2 Å². The quantitative estimate of drug-likeness (QED) is 0.940. The predicted octanol–water partition coefficient (Wildman–Crippen LogP) is 2.46. The normalized spacial score (nSPS) is 18.1. The average molecular weight is 327 g/mol. The predicted molar refractivity (Wildman–Crippen MR) is 92.1 cm³/mol. The standard InChI is InChI=1S/C18H21N3O3/c1-10(2)24-15-7-5-6-13-16(15)18(23)21(12(4)20-13)14-9-8-11(3)19-17(14)22/h5-7,10,14H,3,8-9H2,1-2,4H3,(H,19,22). The van der Waals surface area contributed by atoms with Crippen LogP contribution in [0.15, 0.2) is 35.3 Å². The first-order valence-corrected chi connectivity index (χ1v) is 8.05. The molecular weight excluding hydrogens is 306 g/mol. The molecule has 2 heterocycles. The van der Waals surface area contributed by atoms with Crippen LogP contribution >= 0.6 is 0 Å². The molecular formula is C18H21N3O3. The molecule has 24 heavy (non-hydrogen) atoms. The van der Waals surface area contributed by atoms with Crippen molar-refractivity contribution in [3.8, 4) is 5.75 Å². The van der Waals surface area contributed by atoms with E-state index in [4.69, 9.17) is 4.74 Å². The maximum atomic E-state index is 13.1. The van der Waals surface area contributed by atoms with E-state index in [0.29, 0.717) is 41.0 Å². The smallest absolute Gasteiger partial charge is 0.265 e. The number of nitrogens with zero attached hydrogens (tertiary/aromatic N) is 2. The molecule has 1 amide bonds. The summed E-state index contributed by atoms with van der Waals surface area (Å²) in [4.78, 5) is 29.9. The van der Waals surface area contributed by atoms with Gasteiger partial charge in [-0.05, 0) is 45.7 Å². The number of nitrogens with one attached hydrogen (secondary N) is 1. The molecule has 1 fully saturated rings. The van der Waals surface area contributed by atoms with E-state index in [0.717, 1.165) is 0 Å². The van der Waals surface area contributed by atoms with E-state index in [9.17, 15) is 9.59 Å². The van der Waals surface area contributed by atoms with Crippen molar-refractivity contribution in [3.05, 3.63) is 46.7 Å². The SMILES string of the molecule is C=C1CCC(n2c(C)nc3cccc(OC(C)C)c3c2=O)C(=O)N1. The van der Waals surface area contributed by atoms with Gasteiger partial charge in [-0.1, -0.05) is 12.6 Å². The van der Waals surface area contributed by atoms with Crippen molar-refractivity contribution in [1.82, 2.24) is 14.9 Å². The lowest BCUT2D eigenvalue weighted by atomic mass is 10.0. The summed E-state index contributed by atoms with van der Waals surface area (Å²) in [5.74, 6) is 0.788. The first kappa shape index (κ1) is 16.2. The van der Waals surface area contributed by atoms with Crippen molar-refractivity contribution < 1.29 is 9.53 Å². The minimum atomic E-state index is -0.577. The number of allylic oxidation sites excluding steroid dienone is 1. The Morgan fingerprint density at radius 2 is 2.12 bits per heavy atom. The molecule has 3 rings (SSSR count). The lowest BCUT2D eigenvalue weighted by molar-refractivity contribution is -0.124. The van der Waals surface area contributed by atoms with Crippen LogP contribution in [-0.4, -0.2) is 21.6 Å². The molecule has 1 aromatic carbocycles. The fraction of sp³-hybridized carbons (Fsp3) is 0.389. The van der Waals surface area contributed by atoms with E-state index in [1.54, 1.807) is 19.1 Å². The largest absolute Gasteiger partial charge is 0.490 e. The summed E-state index contributed by atoms with van der Waals surface area (Å²) in [5, 5.41) is 3.14. The molecule has 1 aliphatic heterocycles. The third-order valence-electron chi connectivity index (χ3n) is 4.06. The average Bonchev–Trinajstić information content (AvgIpc) is 2.48. The molecule has 1 saturated heterocycles. The van der Waals surface area contributed by atoms with E-state index in [-0.39, 0.29) is 17.6 Å². The number of hydrogen-bond donors (Lipinski definition) is 1. The number of rotatable bonds is 3. The Morgan fingerprint density at radius 3 is 2.79 bits per heavy atom. The van der Waals surface area contributed by atoms with Gasteiger partial charge in [0.25, 0.3) is 5.56 Å². The van der Waals surface area contributed by atoms with E-state index >= 15 is 0 Å². The molecule has 1 N–H and O–H groups in total. The first-order valence-electron chi connectivity index (χ1n) is 8.05. The summed E-state index contributed by atoms with van der Waals surface area (Å²) in [6.45, 7) is 9.33. The van der Waals surface area contributed by atoms with Crippen molar-refractivity contribution >= 4 is 16.8 Å². The Kier molecular flexibility index (Phi) is 4.13. The van der Waals surface area contributed by atoms with Gasteiger partial charge in [0, 0.05) is 5.70 Å². The molecule has 0 spiro atoms. The molecule has 1 atom stereocenters. The molecule has 1 aliphatic rings. The monoisotopic (exact) mass is 327 g/mol. The molecule has 6 heteroatoms. The number of hydrogen-bond acceptors (Lipinski definition) is 4. The van der Waals surface area contributed by atoms with E-state index in [1.807, 2.05) is 19.9 Å². The second-order valence-corrected chi connectivity index (χ2v) is 6.30. The van der Waals surface area contributed by atoms with Crippen LogP contribution in [0.4, 0.5) is 0 Å². The summed E-state index contributed by atoms with van der Waals surface area (Å²) < 4.78 is 7.24. The Bertz CT molecular complexity index is 883. The molecule has 0 saturated carbocycles. The number of carbonyl (C=O) groups is 1. The molecule has 0 bridgehead atoms. The first-order chi connectivity index (χ1) is 11.4. The number of piperidine rings is 1. The number of benzene rings is 1. The molecule has 0 radical (unpaired) electrons. The van der Waals surface area contributed by atoms with Crippen molar-refractivity contribution in [2.75, 3.05) is 0 Å². The highest BCUT2D eigenvalue weighted by Crippen LogP contribution is 2.26. The van der Waals surface area contributed by atoms with Gasteiger partial charge in [0.2, 0.25) is 5.91 Å². The summed E-state index contributed by atoms with van der Waals surface area (Å²) in [6.07, 6.45) is 1.11. The van der Waals surface area contributed by atoms with Crippen molar-refractivity contribution in [3.63, 3.8) is 0 Å². The van der Waals surface area contributed by atoms with Crippen LogP contribution in [0.1, 0.15) is 38.6 Å².